The van der Waals surface area contributed by atoms with Crippen LogP contribution in [0.15, 0.2) is 46.3 Å². The van der Waals surface area contributed by atoms with Crippen LogP contribution < -0.4 is 4.80 Å². The fourth-order valence-electron chi connectivity index (χ4n) is 3.74. The highest BCUT2D eigenvalue weighted by Gasteiger charge is 2.26. The van der Waals surface area contributed by atoms with Gasteiger partial charge in [0, 0.05) is 23.7 Å². The maximum atomic E-state index is 13.0. The molecule has 0 unspecified atom stereocenters. The second-order valence-electron chi connectivity index (χ2n) is 7.75. The second kappa shape index (κ2) is 10.6. The number of aromatic nitrogens is 1. The molecule has 0 atom stereocenters. The van der Waals surface area contributed by atoms with Crippen LogP contribution in [0.2, 0.25) is 5.02 Å². The molecule has 0 saturated carbocycles. The standard InChI is InChI=1S/C23H24ClN3O6S2/c1-3-33-20(28)14-27-21-15(2)18(24)8-9-19(21)34-23(27)25-22(29)16-4-6-17(7-5-16)35(30,31)26-10-12-32-13-11-26/h4-9H,3,10-14H2,1-2H3. The molecule has 1 fully saturated rings. The van der Waals surface area contributed by atoms with Gasteiger partial charge in [0.25, 0.3) is 5.91 Å². The van der Waals surface area contributed by atoms with E-state index in [2.05, 4.69) is 4.99 Å². The largest absolute Gasteiger partial charge is 0.465 e. The number of ether oxygens (including phenoxy) is 2. The Bertz CT molecular complexity index is 1440. The molecule has 0 aliphatic carbocycles. The van der Waals surface area contributed by atoms with Crippen molar-refractivity contribution >= 4 is 55.1 Å². The van der Waals surface area contributed by atoms with Crippen molar-refractivity contribution in [2.75, 3.05) is 32.9 Å². The second-order valence-corrected chi connectivity index (χ2v) is 11.1. The summed E-state index contributed by atoms with van der Waals surface area (Å²) in [7, 11) is -3.67. The minimum absolute atomic E-state index is 0.0976. The molecule has 12 heteroatoms. The Kier molecular flexibility index (Phi) is 7.72. The van der Waals surface area contributed by atoms with E-state index >= 15 is 0 Å². The van der Waals surface area contributed by atoms with Crippen LogP contribution >= 0.6 is 22.9 Å². The zero-order valence-corrected chi connectivity index (χ0v) is 21.6. The number of hydrogen-bond donors (Lipinski definition) is 0. The molecule has 1 saturated heterocycles. The molecule has 0 bridgehead atoms. The van der Waals surface area contributed by atoms with Gasteiger partial charge in [-0.1, -0.05) is 22.9 Å². The van der Waals surface area contributed by atoms with Gasteiger partial charge >= 0.3 is 5.97 Å². The van der Waals surface area contributed by atoms with Gasteiger partial charge in [-0.3, -0.25) is 9.59 Å². The summed E-state index contributed by atoms with van der Waals surface area (Å²) in [6.07, 6.45) is 0. The zero-order valence-electron chi connectivity index (χ0n) is 19.2. The number of amides is 1. The summed E-state index contributed by atoms with van der Waals surface area (Å²) in [5.41, 5.74) is 1.69. The van der Waals surface area contributed by atoms with Crippen LogP contribution in [-0.4, -0.2) is 62.1 Å². The number of halogens is 1. The molecule has 0 radical (unpaired) electrons. The average molecular weight is 538 g/mol. The summed E-state index contributed by atoms with van der Waals surface area (Å²) in [4.78, 5) is 29.9. The number of hydrogen-bond acceptors (Lipinski definition) is 7. The van der Waals surface area contributed by atoms with Gasteiger partial charge in [-0.15, -0.1) is 0 Å². The lowest BCUT2D eigenvalue weighted by Crippen LogP contribution is -2.40. The number of thiazole rings is 1. The van der Waals surface area contributed by atoms with E-state index in [4.69, 9.17) is 21.1 Å². The Morgan fingerprint density at radius 1 is 1.14 bits per heavy atom. The van der Waals surface area contributed by atoms with E-state index in [1.807, 2.05) is 13.0 Å². The molecule has 9 nitrogen and oxygen atoms in total. The van der Waals surface area contributed by atoms with Crippen LogP contribution in [-0.2, 0) is 30.8 Å². The average Bonchev–Trinajstić information content (AvgIpc) is 3.19. The van der Waals surface area contributed by atoms with E-state index in [9.17, 15) is 18.0 Å². The first-order valence-electron chi connectivity index (χ1n) is 10.9. The van der Waals surface area contributed by atoms with Crippen LogP contribution in [0.1, 0.15) is 22.8 Å². The van der Waals surface area contributed by atoms with E-state index in [1.54, 1.807) is 17.6 Å². The number of aryl methyl sites for hydroxylation is 1. The summed E-state index contributed by atoms with van der Waals surface area (Å²) < 4.78 is 39.8. The highest BCUT2D eigenvalue weighted by Crippen LogP contribution is 2.27. The lowest BCUT2D eigenvalue weighted by molar-refractivity contribution is -0.143. The Morgan fingerprint density at radius 3 is 2.49 bits per heavy atom. The molecule has 35 heavy (non-hydrogen) atoms. The minimum Gasteiger partial charge on any atom is -0.465 e. The van der Waals surface area contributed by atoms with Crippen molar-refractivity contribution in [3.05, 3.63) is 57.3 Å². The maximum Gasteiger partial charge on any atom is 0.326 e. The van der Waals surface area contributed by atoms with Crippen molar-refractivity contribution in [1.82, 2.24) is 8.87 Å². The fraction of sp³-hybridized carbons (Fsp3) is 0.348. The van der Waals surface area contributed by atoms with E-state index in [1.165, 1.54) is 39.9 Å². The number of carbonyl (C=O) groups is 2. The topological polar surface area (TPSA) is 107 Å². The third kappa shape index (κ3) is 5.34. The van der Waals surface area contributed by atoms with E-state index in [-0.39, 0.29) is 36.7 Å². The van der Waals surface area contributed by atoms with Gasteiger partial charge < -0.3 is 14.0 Å². The first-order valence-corrected chi connectivity index (χ1v) is 13.6. The van der Waals surface area contributed by atoms with Crippen LogP contribution in [0, 0.1) is 6.92 Å². The lowest BCUT2D eigenvalue weighted by Gasteiger charge is -2.26. The van der Waals surface area contributed by atoms with Crippen LogP contribution in [0.25, 0.3) is 10.2 Å². The minimum atomic E-state index is -3.67. The smallest absolute Gasteiger partial charge is 0.326 e. The van der Waals surface area contributed by atoms with Crippen LogP contribution in [0.5, 0.6) is 0 Å². The molecule has 2 aromatic carbocycles. The first-order chi connectivity index (χ1) is 16.7. The highest BCUT2D eigenvalue weighted by atomic mass is 35.5. The highest BCUT2D eigenvalue weighted by molar-refractivity contribution is 7.89. The number of rotatable bonds is 6. The third-order valence-corrected chi connectivity index (χ3v) is 8.89. The molecule has 3 aromatic rings. The molecule has 1 amide bonds. The lowest BCUT2D eigenvalue weighted by atomic mass is 10.2. The molecule has 0 spiro atoms. The Hall–Kier alpha value is -2.57. The molecule has 186 valence electrons. The Labute approximate surface area is 211 Å². The van der Waals surface area contributed by atoms with Gasteiger partial charge in [0.1, 0.15) is 6.54 Å². The molecular weight excluding hydrogens is 514 g/mol. The molecule has 2 heterocycles. The normalized spacial score (nSPS) is 15.5. The molecule has 0 N–H and O–H groups in total. The van der Waals surface area contributed by atoms with Crippen molar-refractivity contribution in [3.63, 3.8) is 0 Å². The molecule has 4 rings (SSSR count). The summed E-state index contributed by atoms with van der Waals surface area (Å²) >= 11 is 7.54. The van der Waals surface area contributed by atoms with Crippen molar-refractivity contribution in [2.45, 2.75) is 25.3 Å². The number of morpholine rings is 1. The predicted octanol–water partition coefficient (Wildman–Crippen LogP) is 2.99. The van der Waals surface area contributed by atoms with Gasteiger partial charge in [0.05, 0.1) is 34.9 Å². The summed E-state index contributed by atoms with van der Waals surface area (Å²) in [5, 5.41) is 0.530. The fourth-order valence-corrected chi connectivity index (χ4v) is 6.39. The number of fused-ring (bicyclic) bond motifs is 1. The SMILES string of the molecule is CCOC(=O)Cn1c(=NC(=O)c2ccc(S(=O)(=O)N3CCOCC3)cc2)sc2ccc(Cl)c(C)c21. The van der Waals surface area contributed by atoms with Gasteiger partial charge in [-0.2, -0.15) is 9.30 Å². The first kappa shape index (κ1) is 25.5. The van der Waals surface area contributed by atoms with E-state index in [0.717, 1.165) is 10.3 Å². The number of benzene rings is 2. The monoisotopic (exact) mass is 537 g/mol. The molecule has 1 aliphatic heterocycles. The van der Waals surface area contributed by atoms with Crippen molar-refractivity contribution < 1.29 is 27.5 Å². The predicted molar refractivity (Wildman–Crippen MR) is 132 cm³/mol. The number of nitrogens with zero attached hydrogens (tertiary/aromatic N) is 3. The third-order valence-electron chi connectivity index (χ3n) is 5.53. The number of carbonyl (C=O) groups excluding carboxylic acids is 2. The Balaban J connectivity index is 1.69. The molecule has 1 aromatic heterocycles. The molecule has 1 aliphatic rings. The summed E-state index contributed by atoms with van der Waals surface area (Å²) in [6, 6.07) is 9.23. The quantitative estimate of drug-likeness (QED) is 0.447. The van der Waals surface area contributed by atoms with E-state index in [0.29, 0.717) is 28.6 Å². The van der Waals surface area contributed by atoms with E-state index < -0.39 is 21.9 Å². The van der Waals surface area contributed by atoms with Crippen LogP contribution in [0.3, 0.4) is 0 Å². The Morgan fingerprint density at radius 2 is 1.83 bits per heavy atom. The van der Waals surface area contributed by atoms with Crippen molar-refractivity contribution in [3.8, 4) is 0 Å². The summed E-state index contributed by atoms with van der Waals surface area (Å²) in [5.74, 6) is -1.02. The van der Waals surface area contributed by atoms with Crippen LogP contribution in [0.4, 0.5) is 0 Å². The van der Waals surface area contributed by atoms with Crippen molar-refractivity contribution in [2.24, 2.45) is 4.99 Å². The molecular formula is C23H24ClN3O6S2. The maximum absolute atomic E-state index is 13.0. The van der Waals surface area contributed by atoms with Gasteiger partial charge in [-0.25, -0.2) is 8.42 Å². The van der Waals surface area contributed by atoms with Gasteiger partial charge in [0.2, 0.25) is 10.0 Å². The number of esters is 1. The van der Waals surface area contributed by atoms with Gasteiger partial charge in [-0.05, 0) is 55.8 Å². The summed E-state index contributed by atoms with van der Waals surface area (Å²) in [6.45, 7) is 4.92. The number of sulfonamides is 1. The zero-order chi connectivity index (χ0) is 25.2. The van der Waals surface area contributed by atoms with Gasteiger partial charge in [0.15, 0.2) is 4.80 Å². The van der Waals surface area contributed by atoms with Crippen molar-refractivity contribution in [1.29, 1.82) is 0 Å².